The topological polar surface area (TPSA) is 12.4 Å². The lowest BCUT2D eigenvalue weighted by Gasteiger charge is -2.16. The van der Waals surface area contributed by atoms with Crippen LogP contribution in [0.25, 0.3) is 0 Å². The molecule has 0 fully saturated rings. The molecule has 0 heterocycles. The minimum Gasteiger partial charge on any atom is -0.186 e. The second-order valence-corrected chi connectivity index (χ2v) is 3.30. The van der Waals surface area contributed by atoms with E-state index in [1.54, 1.807) is 0 Å². The Kier molecular flexibility index (Phi) is 5.57. The van der Waals surface area contributed by atoms with E-state index in [0.29, 0.717) is 11.8 Å². The Morgan fingerprint density at radius 3 is 1.73 bits per heavy atom. The normalized spacial score (nSPS) is 15.7. The highest BCUT2D eigenvalue weighted by Gasteiger charge is 2.14. The van der Waals surface area contributed by atoms with Gasteiger partial charge in [-0.3, -0.25) is 0 Å². The summed E-state index contributed by atoms with van der Waals surface area (Å²) in [5, 5.41) is 0. The Bertz CT molecular complexity index is 120. The molecule has 11 heavy (non-hydrogen) atoms. The third kappa shape index (κ3) is 3.24. The van der Waals surface area contributed by atoms with Crippen molar-refractivity contribution >= 4 is 17.5 Å². The van der Waals surface area contributed by atoms with Crippen molar-refractivity contribution in [1.82, 2.24) is 0 Å². The smallest absolute Gasteiger partial charge is 0.0382 e. The van der Waals surface area contributed by atoms with Crippen LogP contribution in [0, 0.1) is 11.8 Å². The van der Waals surface area contributed by atoms with Crippen LogP contribution in [0.5, 0.6) is 0 Å². The summed E-state index contributed by atoms with van der Waals surface area (Å²) in [6, 6.07) is 0. The molecule has 0 aliphatic carbocycles. The van der Waals surface area contributed by atoms with Gasteiger partial charge in [0.05, 0.1) is 0 Å². The summed E-state index contributed by atoms with van der Waals surface area (Å²) in [4.78, 5) is 0. The maximum atomic E-state index is 5.50. The predicted molar refractivity (Wildman–Crippen MR) is 52.2 cm³/mol. The van der Waals surface area contributed by atoms with Gasteiger partial charge in [0.25, 0.3) is 0 Å². The van der Waals surface area contributed by atoms with E-state index in [9.17, 15) is 0 Å². The van der Waals surface area contributed by atoms with Crippen molar-refractivity contribution in [3.63, 3.8) is 0 Å². The lowest BCUT2D eigenvalue weighted by Crippen LogP contribution is -2.17. The summed E-state index contributed by atoms with van der Waals surface area (Å²) in [5.74, 6) is 1.06. The molecule has 0 N–H and O–H groups in total. The Labute approximate surface area is 75.0 Å². The van der Waals surface area contributed by atoms with Gasteiger partial charge in [0.15, 0.2) is 0 Å². The molecule has 0 bridgehead atoms. The van der Waals surface area contributed by atoms with Gasteiger partial charge in [0.1, 0.15) is 0 Å². The summed E-state index contributed by atoms with van der Waals surface area (Å²) >= 11 is 5.50. The molecule has 0 aromatic heterocycles. The summed E-state index contributed by atoms with van der Waals surface area (Å²) in [5.41, 5.74) is 1.15. The van der Waals surface area contributed by atoms with Crippen LogP contribution in [0.1, 0.15) is 40.5 Å². The zero-order valence-electron chi connectivity index (χ0n) is 7.89. The van der Waals surface area contributed by atoms with Crippen molar-refractivity contribution in [1.29, 1.82) is 0 Å². The van der Waals surface area contributed by atoms with E-state index in [-0.39, 0.29) is 0 Å². The van der Waals surface area contributed by atoms with Gasteiger partial charge < -0.3 is 0 Å². The first kappa shape index (κ1) is 11.0. The Balaban J connectivity index is 4.17. The zero-order chi connectivity index (χ0) is 8.85. The molecule has 2 atom stereocenters. The van der Waals surface area contributed by atoms with Gasteiger partial charge in [-0.1, -0.05) is 27.7 Å². The minimum atomic E-state index is 0.530. The highest BCUT2D eigenvalue weighted by atomic mass is 35.5. The molecule has 2 unspecified atom stereocenters. The largest absolute Gasteiger partial charge is 0.186 e. The fraction of sp³-hybridized carbons (Fsp3) is 0.889. The van der Waals surface area contributed by atoms with Crippen molar-refractivity contribution in [3.05, 3.63) is 0 Å². The molecule has 0 saturated carbocycles. The minimum absolute atomic E-state index is 0.530. The number of hydrogen-bond acceptors (Lipinski definition) is 1. The lowest BCUT2D eigenvalue weighted by molar-refractivity contribution is 0.645. The molecular weight excluding hydrogens is 158 g/mol. The summed E-state index contributed by atoms with van der Waals surface area (Å²) in [6.45, 7) is 8.67. The van der Waals surface area contributed by atoms with E-state index < -0.39 is 0 Å². The van der Waals surface area contributed by atoms with Crippen LogP contribution in [0.15, 0.2) is 4.51 Å². The first-order chi connectivity index (χ1) is 5.17. The highest BCUT2D eigenvalue weighted by molar-refractivity contribution is 6.20. The van der Waals surface area contributed by atoms with Gasteiger partial charge in [-0.15, -0.1) is 0 Å². The van der Waals surface area contributed by atoms with Gasteiger partial charge in [-0.05, 0) is 24.7 Å². The van der Waals surface area contributed by atoms with Crippen LogP contribution >= 0.6 is 11.8 Å². The SMILES string of the molecule is CCC(C)C(=NCl)C(C)CC. The molecule has 66 valence electrons. The van der Waals surface area contributed by atoms with Crippen molar-refractivity contribution < 1.29 is 0 Å². The van der Waals surface area contributed by atoms with Crippen LogP contribution in [-0.2, 0) is 0 Å². The number of hydrogen-bond donors (Lipinski definition) is 0. The lowest BCUT2D eigenvalue weighted by atomic mass is 9.91. The second kappa shape index (κ2) is 5.59. The van der Waals surface area contributed by atoms with Crippen LogP contribution < -0.4 is 0 Å². The van der Waals surface area contributed by atoms with Gasteiger partial charge in [0, 0.05) is 17.5 Å². The van der Waals surface area contributed by atoms with Gasteiger partial charge in [-0.25, -0.2) is 0 Å². The Hall–Kier alpha value is -0.0400. The molecule has 0 amide bonds. The Morgan fingerprint density at radius 1 is 1.18 bits per heavy atom. The summed E-state index contributed by atoms with van der Waals surface area (Å²) in [6.07, 6.45) is 2.24. The fourth-order valence-corrected chi connectivity index (χ4v) is 1.40. The quantitative estimate of drug-likeness (QED) is 0.579. The third-order valence-corrected chi connectivity index (χ3v) is 2.53. The van der Waals surface area contributed by atoms with Gasteiger partial charge >= 0.3 is 0 Å². The molecule has 0 spiro atoms. The van der Waals surface area contributed by atoms with E-state index in [0.717, 1.165) is 18.6 Å². The molecule has 0 aliphatic rings. The number of rotatable bonds is 4. The molecule has 0 saturated heterocycles. The van der Waals surface area contributed by atoms with Gasteiger partial charge in [-0.2, -0.15) is 4.51 Å². The van der Waals surface area contributed by atoms with Crippen molar-refractivity contribution in [3.8, 4) is 0 Å². The standard InChI is InChI=1S/C9H18ClN/c1-5-7(3)9(11-10)8(4)6-2/h7-8H,5-6H2,1-4H3. The molecular formula is C9H18ClN. The van der Waals surface area contributed by atoms with E-state index in [4.69, 9.17) is 11.8 Å². The molecule has 0 aromatic carbocycles. The maximum absolute atomic E-state index is 5.50. The first-order valence-corrected chi connectivity index (χ1v) is 4.69. The van der Waals surface area contributed by atoms with Crippen LogP contribution in [0.2, 0.25) is 0 Å². The van der Waals surface area contributed by atoms with E-state index in [1.165, 1.54) is 0 Å². The molecule has 0 aromatic rings. The maximum Gasteiger partial charge on any atom is 0.0382 e. The average Bonchev–Trinajstić information content (AvgIpc) is 2.05. The van der Waals surface area contributed by atoms with Crippen LogP contribution in [0.4, 0.5) is 0 Å². The molecule has 0 aliphatic heterocycles. The average molecular weight is 176 g/mol. The van der Waals surface area contributed by atoms with E-state index in [1.807, 2.05) is 0 Å². The third-order valence-electron chi connectivity index (χ3n) is 2.33. The predicted octanol–water partition coefficient (Wildman–Crippen LogP) is 3.67. The molecule has 0 radical (unpaired) electrons. The van der Waals surface area contributed by atoms with Crippen molar-refractivity contribution in [2.45, 2.75) is 40.5 Å². The van der Waals surface area contributed by atoms with Crippen molar-refractivity contribution in [2.75, 3.05) is 0 Å². The molecule has 1 nitrogen and oxygen atoms in total. The molecule has 0 rings (SSSR count). The second-order valence-electron chi connectivity index (χ2n) is 3.13. The number of nitrogens with zero attached hydrogens (tertiary/aromatic N) is 1. The summed E-state index contributed by atoms with van der Waals surface area (Å²) < 4.78 is 3.82. The molecule has 2 heteroatoms. The monoisotopic (exact) mass is 175 g/mol. The zero-order valence-corrected chi connectivity index (χ0v) is 8.65. The first-order valence-electron chi connectivity index (χ1n) is 4.36. The Morgan fingerprint density at radius 2 is 1.55 bits per heavy atom. The van der Waals surface area contributed by atoms with Gasteiger partial charge in [0.2, 0.25) is 0 Å². The van der Waals surface area contributed by atoms with Crippen LogP contribution in [-0.4, -0.2) is 5.71 Å². The van der Waals surface area contributed by atoms with E-state index in [2.05, 4.69) is 32.2 Å². The summed E-state index contributed by atoms with van der Waals surface area (Å²) in [7, 11) is 0. The van der Waals surface area contributed by atoms with E-state index >= 15 is 0 Å². The fourth-order valence-electron chi connectivity index (χ4n) is 1.07. The van der Waals surface area contributed by atoms with Crippen LogP contribution in [0.3, 0.4) is 0 Å². The highest BCUT2D eigenvalue weighted by Crippen LogP contribution is 2.15. The number of halogens is 1. The van der Waals surface area contributed by atoms with Crippen molar-refractivity contribution in [2.24, 2.45) is 16.3 Å².